The van der Waals surface area contributed by atoms with E-state index in [0.717, 1.165) is 5.69 Å². The second-order valence-electron chi connectivity index (χ2n) is 4.54. The Morgan fingerprint density at radius 1 is 1.31 bits per heavy atom. The fourth-order valence-electron chi connectivity index (χ4n) is 2.16. The summed E-state index contributed by atoms with van der Waals surface area (Å²) >= 11 is 0. The molecule has 2 atom stereocenters. The highest BCUT2D eigenvalue weighted by atomic mass is 16.5. The molecule has 2 rings (SSSR count). The molecule has 1 heterocycles. The van der Waals surface area contributed by atoms with Crippen molar-refractivity contribution >= 4 is 5.82 Å². The zero-order valence-corrected chi connectivity index (χ0v) is 9.72. The molecule has 0 spiro atoms. The molecule has 16 heavy (non-hydrogen) atoms. The average Bonchev–Trinajstić information content (AvgIpc) is 2.30. The molecular formula is C12H19N3O. The van der Waals surface area contributed by atoms with E-state index in [-0.39, 0.29) is 0 Å². The van der Waals surface area contributed by atoms with Crippen molar-refractivity contribution in [2.24, 2.45) is 5.92 Å². The maximum Gasteiger partial charge on any atom is 0.141 e. The molecular weight excluding hydrogens is 202 g/mol. The molecule has 1 aromatic rings. The summed E-state index contributed by atoms with van der Waals surface area (Å²) in [4.78, 5) is 8.17. The fraction of sp³-hybridized carbons (Fsp3) is 0.667. The van der Waals surface area contributed by atoms with Crippen LogP contribution in [-0.4, -0.2) is 16.1 Å². The number of hydrogen-bond acceptors (Lipinski definition) is 4. The summed E-state index contributed by atoms with van der Waals surface area (Å²) in [6.45, 7) is 2.81. The second-order valence-corrected chi connectivity index (χ2v) is 4.54. The summed E-state index contributed by atoms with van der Waals surface area (Å²) in [5.74, 6) is 1.12. The van der Waals surface area contributed by atoms with Gasteiger partial charge in [-0.15, -0.1) is 0 Å². The first kappa shape index (κ1) is 11.3. The van der Waals surface area contributed by atoms with E-state index in [1.165, 1.54) is 25.7 Å². The van der Waals surface area contributed by atoms with Crippen molar-refractivity contribution in [1.82, 2.24) is 9.97 Å². The SMILES string of the molecule is CC1CCCCC1OCc1cnc(N)cn1. The van der Waals surface area contributed by atoms with Crippen LogP contribution in [0.3, 0.4) is 0 Å². The Morgan fingerprint density at radius 3 is 2.81 bits per heavy atom. The van der Waals surface area contributed by atoms with E-state index in [0.29, 0.717) is 24.4 Å². The van der Waals surface area contributed by atoms with Crippen LogP contribution in [-0.2, 0) is 11.3 Å². The first-order valence-corrected chi connectivity index (χ1v) is 5.93. The Kier molecular flexibility index (Phi) is 3.72. The lowest BCUT2D eigenvalue weighted by atomic mass is 9.88. The summed E-state index contributed by atoms with van der Waals surface area (Å²) in [5.41, 5.74) is 6.33. The maximum absolute atomic E-state index is 5.88. The third-order valence-corrected chi connectivity index (χ3v) is 3.20. The molecule has 1 aromatic heterocycles. The summed E-state index contributed by atoms with van der Waals surface area (Å²) in [6.07, 6.45) is 8.70. The van der Waals surface area contributed by atoms with Gasteiger partial charge in [-0.25, -0.2) is 4.98 Å². The highest BCUT2D eigenvalue weighted by molar-refractivity contribution is 5.22. The van der Waals surface area contributed by atoms with Gasteiger partial charge in [-0.2, -0.15) is 0 Å². The first-order chi connectivity index (χ1) is 7.75. The molecule has 2 unspecified atom stereocenters. The van der Waals surface area contributed by atoms with Gasteiger partial charge in [0.25, 0.3) is 0 Å². The lowest BCUT2D eigenvalue weighted by Gasteiger charge is -2.28. The van der Waals surface area contributed by atoms with Crippen LogP contribution in [0.25, 0.3) is 0 Å². The minimum atomic E-state index is 0.383. The lowest BCUT2D eigenvalue weighted by Crippen LogP contribution is -2.25. The van der Waals surface area contributed by atoms with Gasteiger partial charge in [0.05, 0.1) is 30.8 Å². The van der Waals surface area contributed by atoms with Crippen molar-refractivity contribution in [3.63, 3.8) is 0 Å². The van der Waals surface area contributed by atoms with Crippen molar-refractivity contribution in [3.8, 4) is 0 Å². The van der Waals surface area contributed by atoms with Crippen LogP contribution in [0.2, 0.25) is 0 Å². The topological polar surface area (TPSA) is 61.0 Å². The molecule has 1 aliphatic carbocycles. The van der Waals surface area contributed by atoms with E-state index in [9.17, 15) is 0 Å². The highest BCUT2D eigenvalue weighted by Crippen LogP contribution is 2.26. The van der Waals surface area contributed by atoms with Crippen LogP contribution in [0.5, 0.6) is 0 Å². The zero-order valence-electron chi connectivity index (χ0n) is 9.72. The molecule has 0 saturated heterocycles. The van der Waals surface area contributed by atoms with Gasteiger partial charge in [-0.1, -0.05) is 19.8 Å². The molecule has 0 aliphatic heterocycles. The van der Waals surface area contributed by atoms with Gasteiger partial charge in [0.1, 0.15) is 5.82 Å². The Bertz CT molecular complexity index is 326. The quantitative estimate of drug-likeness (QED) is 0.849. The molecule has 2 N–H and O–H groups in total. The predicted octanol–water partition coefficient (Wildman–Crippen LogP) is 2.15. The minimum absolute atomic E-state index is 0.383. The number of anilines is 1. The van der Waals surface area contributed by atoms with Crippen LogP contribution in [0.1, 0.15) is 38.3 Å². The standard InChI is InChI=1S/C12H19N3O/c1-9-4-2-3-5-11(9)16-8-10-6-15-12(13)7-14-10/h6-7,9,11H,2-5,8H2,1H3,(H2,13,15). The van der Waals surface area contributed by atoms with Gasteiger partial charge in [-0.3, -0.25) is 4.98 Å². The van der Waals surface area contributed by atoms with Gasteiger partial charge < -0.3 is 10.5 Å². The largest absolute Gasteiger partial charge is 0.382 e. The molecule has 1 aliphatic rings. The van der Waals surface area contributed by atoms with Gasteiger partial charge in [0.2, 0.25) is 0 Å². The third-order valence-electron chi connectivity index (χ3n) is 3.20. The number of nitrogens with two attached hydrogens (primary N) is 1. The van der Waals surface area contributed by atoms with Crippen LogP contribution < -0.4 is 5.73 Å². The number of rotatable bonds is 3. The fourth-order valence-corrected chi connectivity index (χ4v) is 2.16. The molecule has 88 valence electrons. The van der Waals surface area contributed by atoms with E-state index in [1.807, 2.05) is 0 Å². The molecule has 0 amide bonds. The molecule has 4 nitrogen and oxygen atoms in total. The van der Waals surface area contributed by atoms with Crippen molar-refractivity contribution in [2.45, 2.75) is 45.3 Å². The molecule has 1 fully saturated rings. The Balaban J connectivity index is 1.84. The number of nitrogens with zero attached hydrogens (tertiary/aromatic N) is 2. The van der Waals surface area contributed by atoms with E-state index < -0.39 is 0 Å². The highest BCUT2D eigenvalue weighted by Gasteiger charge is 2.21. The summed E-state index contributed by atoms with van der Waals surface area (Å²) in [5, 5.41) is 0. The maximum atomic E-state index is 5.88. The number of nitrogen functional groups attached to an aromatic ring is 1. The van der Waals surface area contributed by atoms with Gasteiger partial charge in [0, 0.05) is 0 Å². The van der Waals surface area contributed by atoms with E-state index in [2.05, 4.69) is 16.9 Å². The molecule has 0 bridgehead atoms. The van der Waals surface area contributed by atoms with Gasteiger partial charge >= 0.3 is 0 Å². The Labute approximate surface area is 96.2 Å². The Hall–Kier alpha value is -1.16. The van der Waals surface area contributed by atoms with Crippen LogP contribution in [0.15, 0.2) is 12.4 Å². The second kappa shape index (κ2) is 5.25. The Morgan fingerprint density at radius 2 is 2.12 bits per heavy atom. The van der Waals surface area contributed by atoms with Crippen LogP contribution in [0.4, 0.5) is 5.82 Å². The van der Waals surface area contributed by atoms with Gasteiger partial charge in [-0.05, 0) is 18.8 Å². The van der Waals surface area contributed by atoms with E-state index >= 15 is 0 Å². The number of ether oxygens (including phenoxy) is 1. The third kappa shape index (κ3) is 2.92. The van der Waals surface area contributed by atoms with Crippen molar-refractivity contribution in [2.75, 3.05) is 5.73 Å². The molecule has 1 saturated carbocycles. The smallest absolute Gasteiger partial charge is 0.141 e. The molecule has 4 heteroatoms. The first-order valence-electron chi connectivity index (χ1n) is 5.93. The normalized spacial score (nSPS) is 25.6. The summed E-state index contributed by atoms with van der Waals surface area (Å²) in [6, 6.07) is 0. The molecule has 0 aromatic carbocycles. The average molecular weight is 221 g/mol. The van der Waals surface area contributed by atoms with Crippen molar-refractivity contribution < 1.29 is 4.74 Å². The number of hydrogen-bond donors (Lipinski definition) is 1. The van der Waals surface area contributed by atoms with Crippen LogP contribution >= 0.6 is 0 Å². The lowest BCUT2D eigenvalue weighted by molar-refractivity contribution is -0.0168. The van der Waals surface area contributed by atoms with E-state index in [1.54, 1.807) is 12.4 Å². The number of aromatic nitrogens is 2. The van der Waals surface area contributed by atoms with Gasteiger partial charge in [0.15, 0.2) is 0 Å². The zero-order chi connectivity index (χ0) is 11.4. The van der Waals surface area contributed by atoms with Crippen LogP contribution in [0, 0.1) is 5.92 Å². The molecule has 0 radical (unpaired) electrons. The van der Waals surface area contributed by atoms with Crippen molar-refractivity contribution in [1.29, 1.82) is 0 Å². The summed E-state index contributed by atoms with van der Waals surface area (Å²) < 4.78 is 5.88. The van der Waals surface area contributed by atoms with Crippen molar-refractivity contribution in [3.05, 3.63) is 18.1 Å². The monoisotopic (exact) mass is 221 g/mol. The van der Waals surface area contributed by atoms with E-state index in [4.69, 9.17) is 10.5 Å². The summed E-state index contributed by atoms with van der Waals surface area (Å²) in [7, 11) is 0. The minimum Gasteiger partial charge on any atom is -0.382 e. The predicted molar refractivity (Wildman–Crippen MR) is 62.7 cm³/mol.